The minimum absolute atomic E-state index is 0.0223. The van der Waals surface area contributed by atoms with Crippen LogP contribution in [-0.4, -0.2) is 34.5 Å². The van der Waals surface area contributed by atoms with E-state index in [-0.39, 0.29) is 29.3 Å². The first-order valence-corrected chi connectivity index (χ1v) is 13.3. The molecule has 1 saturated heterocycles. The van der Waals surface area contributed by atoms with Crippen LogP contribution in [0.1, 0.15) is 76.4 Å². The number of nitrogens with one attached hydrogen (secondary N) is 1. The van der Waals surface area contributed by atoms with E-state index in [0.29, 0.717) is 30.0 Å². The van der Waals surface area contributed by atoms with Crippen molar-refractivity contribution in [1.29, 1.82) is 0 Å². The lowest BCUT2D eigenvalue weighted by molar-refractivity contribution is -0.141. The van der Waals surface area contributed by atoms with Crippen molar-refractivity contribution in [3.8, 4) is 11.1 Å². The van der Waals surface area contributed by atoms with E-state index in [9.17, 15) is 18.4 Å². The highest BCUT2D eigenvalue weighted by atomic mass is 19.1. The molecule has 1 aromatic heterocycles. The number of hydrogen-bond donors (Lipinski definition) is 1. The molecular formula is C30H37F2N3O3. The maximum Gasteiger partial charge on any atom is 0.243 e. The first-order chi connectivity index (χ1) is 18.2. The van der Waals surface area contributed by atoms with Gasteiger partial charge in [0, 0.05) is 12.6 Å². The SMILES string of the molecule is CC.Cc1cc(C(C(=O)N2CCCC2C(=O)NC(C)c2ccc(-c3c(F)cccc3F)cc2)C(C)C)on1. The first kappa shape index (κ1) is 29.0. The van der Waals surface area contributed by atoms with Gasteiger partial charge in [0.15, 0.2) is 0 Å². The summed E-state index contributed by atoms with van der Waals surface area (Å²) < 4.78 is 33.6. The molecule has 4 rings (SSSR count). The average molecular weight is 526 g/mol. The number of likely N-dealkylation sites (tertiary alicyclic amines) is 1. The van der Waals surface area contributed by atoms with E-state index in [2.05, 4.69) is 10.5 Å². The Kier molecular flexibility index (Phi) is 9.78. The maximum absolute atomic E-state index is 14.1. The second-order valence-electron chi connectivity index (χ2n) is 9.73. The lowest BCUT2D eigenvalue weighted by Crippen LogP contribution is -2.48. The molecule has 1 N–H and O–H groups in total. The van der Waals surface area contributed by atoms with Crippen molar-refractivity contribution in [2.75, 3.05) is 6.54 Å². The van der Waals surface area contributed by atoms with Gasteiger partial charge in [-0.25, -0.2) is 8.78 Å². The Bertz CT molecular complexity index is 1220. The number of halogens is 2. The Morgan fingerprint density at radius 2 is 1.68 bits per heavy atom. The smallest absolute Gasteiger partial charge is 0.243 e. The van der Waals surface area contributed by atoms with Crippen LogP contribution in [0.5, 0.6) is 0 Å². The van der Waals surface area contributed by atoms with Crippen molar-refractivity contribution < 1.29 is 22.9 Å². The number of aromatic nitrogens is 1. The van der Waals surface area contributed by atoms with Gasteiger partial charge in [0.05, 0.1) is 17.3 Å². The number of aryl methyl sites for hydroxylation is 1. The van der Waals surface area contributed by atoms with Gasteiger partial charge in [-0.15, -0.1) is 0 Å². The molecule has 0 spiro atoms. The first-order valence-electron chi connectivity index (χ1n) is 13.3. The second kappa shape index (κ2) is 12.8. The molecule has 2 aromatic carbocycles. The third-order valence-corrected chi connectivity index (χ3v) is 6.74. The van der Waals surface area contributed by atoms with Gasteiger partial charge in [0.1, 0.15) is 29.4 Å². The third-order valence-electron chi connectivity index (χ3n) is 6.74. The highest BCUT2D eigenvalue weighted by Gasteiger charge is 2.40. The predicted molar refractivity (Wildman–Crippen MR) is 143 cm³/mol. The molecule has 8 heteroatoms. The minimum atomic E-state index is -0.629. The number of nitrogens with zero attached hydrogens (tertiary/aromatic N) is 2. The molecule has 6 nitrogen and oxygen atoms in total. The lowest BCUT2D eigenvalue weighted by atomic mass is 9.91. The second-order valence-corrected chi connectivity index (χ2v) is 9.73. The summed E-state index contributed by atoms with van der Waals surface area (Å²) in [4.78, 5) is 28.4. The van der Waals surface area contributed by atoms with Crippen LogP contribution < -0.4 is 5.32 Å². The highest BCUT2D eigenvalue weighted by molar-refractivity contribution is 5.91. The summed E-state index contributed by atoms with van der Waals surface area (Å²) in [5.41, 5.74) is 1.83. The van der Waals surface area contributed by atoms with Crippen molar-refractivity contribution in [2.45, 2.75) is 72.4 Å². The summed E-state index contributed by atoms with van der Waals surface area (Å²) in [5, 5.41) is 6.92. The Balaban J connectivity index is 0.00000195. The zero-order chi connectivity index (χ0) is 28.0. The molecule has 3 atom stereocenters. The van der Waals surface area contributed by atoms with E-state index in [4.69, 9.17) is 4.52 Å². The highest BCUT2D eigenvalue weighted by Crippen LogP contribution is 2.31. The van der Waals surface area contributed by atoms with Gasteiger partial charge in [-0.2, -0.15) is 0 Å². The van der Waals surface area contributed by atoms with Crippen LogP contribution in [-0.2, 0) is 9.59 Å². The molecule has 1 aliphatic rings. The summed E-state index contributed by atoms with van der Waals surface area (Å²) in [6.45, 7) is 12.0. The fraction of sp³-hybridized carbons (Fsp3) is 0.433. The van der Waals surface area contributed by atoms with Crippen LogP contribution in [0.2, 0.25) is 0 Å². The summed E-state index contributed by atoms with van der Waals surface area (Å²) in [6.07, 6.45) is 1.32. The van der Waals surface area contributed by atoms with E-state index in [0.717, 1.165) is 12.0 Å². The van der Waals surface area contributed by atoms with Gasteiger partial charge in [0.2, 0.25) is 11.8 Å². The Morgan fingerprint density at radius 3 is 2.24 bits per heavy atom. The third kappa shape index (κ3) is 6.29. The van der Waals surface area contributed by atoms with Crippen LogP contribution >= 0.6 is 0 Å². The van der Waals surface area contributed by atoms with Crippen LogP contribution in [0, 0.1) is 24.5 Å². The van der Waals surface area contributed by atoms with Gasteiger partial charge in [0.25, 0.3) is 0 Å². The number of carbonyl (C=O) groups is 2. The number of carbonyl (C=O) groups excluding carboxylic acids is 2. The quantitative estimate of drug-likeness (QED) is 0.379. The van der Waals surface area contributed by atoms with Gasteiger partial charge in [-0.1, -0.05) is 63.2 Å². The summed E-state index contributed by atoms with van der Waals surface area (Å²) in [6, 6.07) is 11.4. The van der Waals surface area contributed by atoms with Gasteiger partial charge in [-0.3, -0.25) is 9.59 Å². The molecule has 3 unspecified atom stereocenters. The van der Waals surface area contributed by atoms with Crippen LogP contribution in [0.25, 0.3) is 11.1 Å². The normalized spacial score (nSPS) is 16.6. The molecule has 0 aliphatic carbocycles. The molecule has 3 aromatic rings. The molecule has 0 saturated carbocycles. The van der Waals surface area contributed by atoms with E-state index >= 15 is 0 Å². The Hall–Kier alpha value is -3.55. The van der Waals surface area contributed by atoms with Crippen molar-refractivity contribution in [3.63, 3.8) is 0 Å². The van der Waals surface area contributed by atoms with Crippen molar-refractivity contribution in [2.24, 2.45) is 5.92 Å². The topological polar surface area (TPSA) is 75.4 Å². The molecule has 0 radical (unpaired) electrons. The summed E-state index contributed by atoms with van der Waals surface area (Å²) in [7, 11) is 0. The number of benzene rings is 2. The maximum atomic E-state index is 14.1. The largest absolute Gasteiger partial charge is 0.360 e. The Labute approximate surface area is 223 Å². The number of hydrogen-bond acceptors (Lipinski definition) is 4. The molecule has 1 aliphatic heterocycles. The monoisotopic (exact) mass is 525 g/mol. The standard InChI is InChI=1S/C28H31F2N3O3.C2H6/c1-16(2)25(24-15-17(3)32-36-24)28(35)33-14-6-9-23(33)27(34)31-18(4)19-10-12-20(13-11-19)26-21(29)7-5-8-22(26)30;1-2/h5,7-8,10-13,15-16,18,23,25H,6,9,14H2,1-4H3,(H,31,34);1-2H3. The van der Waals surface area contributed by atoms with E-state index < -0.39 is 23.6 Å². The van der Waals surface area contributed by atoms with Crippen molar-refractivity contribution in [1.82, 2.24) is 15.4 Å². The van der Waals surface area contributed by atoms with E-state index in [1.165, 1.54) is 18.2 Å². The average Bonchev–Trinajstić information content (AvgIpc) is 3.55. The molecular weight excluding hydrogens is 488 g/mol. The molecule has 38 heavy (non-hydrogen) atoms. The number of rotatable bonds is 7. The minimum Gasteiger partial charge on any atom is -0.360 e. The molecule has 2 heterocycles. The van der Waals surface area contributed by atoms with Crippen molar-refractivity contribution >= 4 is 11.8 Å². The van der Waals surface area contributed by atoms with E-state index in [1.54, 1.807) is 35.2 Å². The fourth-order valence-electron chi connectivity index (χ4n) is 4.85. The summed E-state index contributed by atoms with van der Waals surface area (Å²) in [5.74, 6) is -1.64. The Morgan fingerprint density at radius 1 is 1.05 bits per heavy atom. The molecule has 204 valence electrons. The van der Waals surface area contributed by atoms with Gasteiger partial charge < -0.3 is 14.7 Å². The van der Waals surface area contributed by atoms with Crippen LogP contribution in [0.4, 0.5) is 8.78 Å². The van der Waals surface area contributed by atoms with Crippen LogP contribution in [0.15, 0.2) is 53.1 Å². The molecule has 0 bridgehead atoms. The van der Waals surface area contributed by atoms with Gasteiger partial charge in [-0.05, 0) is 55.9 Å². The summed E-state index contributed by atoms with van der Waals surface area (Å²) >= 11 is 0. The molecule has 1 fully saturated rings. The van der Waals surface area contributed by atoms with E-state index in [1.807, 2.05) is 41.5 Å². The predicted octanol–water partition coefficient (Wildman–Crippen LogP) is 6.56. The van der Waals surface area contributed by atoms with Crippen LogP contribution in [0.3, 0.4) is 0 Å². The zero-order valence-corrected chi connectivity index (χ0v) is 22.9. The van der Waals surface area contributed by atoms with Crippen molar-refractivity contribution in [3.05, 3.63) is 77.2 Å². The number of amides is 2. The van der Waals surface area contributed by atoms with Gasteiger partial charge >= 0.3 is 0 Å². The lowest BCUT2D eigenvalue weighted by Gasteiger charge is -2.29. The molecule has 2 amide bonds. The zero-order valence-electron chi connectivity index (χ0n) is 22.9. The fourth-order valence-corrected chi connectivity index (χ4v) is 4.85.